The SMILES string of the molecule is CN=C(NCc1ccco1)NC(C)c1ccc(C)c(F)c1.I. The van der Waals surface area contributed by atoms with Crippen LogP contribution in [0.15, 0.2) is 46.0 Å². The average Bonchev–Trinajstić information content (AvgIpc) is 2.99. The Morgan fingerprint density at radius 2 is 2.14 bits per heavy atom. The molecule has 0 aliphatic carbocycles. The van der Waals surface area contributed by atoms with E-state index >= 15 is 0 Å². The zero-order chi connectivity index (χ0) is 15.2. The van der Waals surface area contributed by atoms with Crippen molar-refractivity contribution in [2.45, 2.75) is 26.4 Å². The molecule has 0 radical (unpaired) electrons. The number of aliphatic imine (C=N–C) groups is 1. The normalized spacial score (nSPS) is 12.5. The van der Waals surface area contributed by atoms with Gasteiger partial charge in [0.1, 0.15) is 11.6 Å². The Morgan fingerprint density at radius 3 is 2.73 bits per heavy atom. The van der Waals surface area contributed by atoms with E-state index in [0.717, 1.165) is 11.3 Å². The summed E-state index contributed by atoms with van der Waals surface area (Å²) in [6.07, 6.45) is 1.63. The number of hydrogen-bond donors (Lipinski definition) is 2. The zero-order valence-corrected chi connectivity index (χ0v) is 15.2. The molecule has 0 saturated heterocycles. The van der Waals surface area contributed by atoms with E-state index in [1.165, 1.54) is 0 Å². The molecule has 2 aromatic rings. The lowest BCUT2D eigenvalue weighted by Crippen LogP contribution is -2.38. The summed E-state index contributed by atoms with van der Waals surface area (Å²) in [5.41, 5.74) is 1.52. The van der Waals surface area contributed by atoms with Crippen molar-refractivity contribution in [1.29, 1.82) is 0 Å². The second kappa shape index (κ2) is 8.77. The highest BCUT2D eigenvalue weighted by Crippen LogP contribution is 2.16. The lowest BCUT2D eigenvalue weighted by Gasteiger charge is -2.18. The molecule has 0 aliphatic rings. The highest BCUT2D eigenvalue weighted by molar-refractivity contribution is 14.0. The summed E-state index contributed by atoms with van der Waals surface area (Å²) in [7, 11) is 1.69. The van der Waals surface area contributed by atoms with Crippen molar-refractivity contribution in [3.63, 3.8) is 0 Å². The summed E-state index contributed by atoms with van der Waals surface area (Å²) in [6.45, 7) is 4.26. The Labute approximate surface area is 147 Å². The standard InChI is InChI=1S/C16H20FN3O.HI/c1-11-6-7-13(9-15(11)17)12(2)20-16(18-3)19-10-14-5-4-8-21-14;/h4-9,12H,10H2,1-3H3,(H2,18,19,20);1H. The van der Waals surface area contributed by atoms with Gasteiger partial charge in [-0.05, 0) is 43.2 Å². The monoisotopic (exact) mass is 417 g/mol. The predicted octanol–water partition coefficient (Wildman–Crippen LogP) is 3.77. The minimum atomic E-state index is -0.195. The van der Waals surface area contributed by atoms with Crippen LogP contribution in [0.25, 0.3) is 0 Å². The van der Waals surface area contributed by atoms with Crippen molar-refractivity contribution in [2.24, 2.45) is 4.99 Å². The number of nitrogens with one attached hydrogen (secondary N) is 2. The Hall–Kier alpha value is -1.57. The number of halogens is 2. The molecular weight excluding hydrogens is 396 g/mol. The molecule has 1 heterocycles. The van der Waals surface area contributed by atoms with Gasteiger partial charge in [0.2, 0.25) is 0 Å². The molecule has 6 heteroatoms. The Kier molecular flexibility index (Phi) is 7.37. The number of guanidine groups is 1. The van der Waals surface area contributed by atoms with Crippen LogP contribution in [-0.4, -0.2) is 13.0 Å². The first-order chi connectivity index (χ1) is 10.1. The number of benzene rings is 1. The third kappa shape index (κ3) is 5.01. The molecule has 0 aliphatic heterocycles. The number of rotatable bonds is 4. The first kappa shape index (κ1) is 18.5. The number of hydrogen-bond acceptors (Lipinski definition) is 2. The van der Waals surface area contributed by atoms with E-state index in [4.69, 9.17) is 4.42 Å². The molecule has 1 unspecified atom stereocenters. The summed E-state index contributed by atoms with van der Waals surface area (Å²) in [5.74, 6) is 1.27. The van der Waals surface area contributed by atoms with Gasteiger partial charge >= 0.3 is 0 Å². The van der Waals surface area contributed by atoms with Gasteiger partial charge in [-0.1, -0.05) is 12.1 Å². The van der Waals surface area contributed by atoms with E-state index in [0.29, 0.717) is 18.1 Å². The molecule has 0 saturated carbocycles. The van der Waals surface area contributed by atoms with Crippen LogP contribution in [0.2, 0.25) is 0 Å². The minimum Gasteiger partial charge on any atom is -0.467 e. The smallest absolute Gasteiger partial charge is 0.191 e. The van der Waals surface area contributed by atoms with Gasteiger partial charge in [0, 0.05) is 7.05 Å². The fraction of sp³-hybridized carbons (Fsp3) is 0.312. The summed E-state index contributed by atoms with van der Waals surface area (Å²) in [5, 5.41) is 6.37. The summed E-state index contributed by atoms with van der Waals surface area (Å²) in [4.78, 5) is 4.15. The Morgan fingerprint density at radius 1 is 1.36 bits per heavy atom. The number of nitrogens with zero attached hydrogens (tertiary/aromatic N) is 1. The van der Waals surface area contributed by atoms with Crippen molar-refractivity contribution in [1.82, 2.24) is 10.6 Å². The Balaban J connectivity index is 0.00000242. The van der Waals surface area contributed by atoms with Crippen molar-refractivity contribution < 1.29 is 8.81 Å². The molecule has 22 heavy (non-hydrogen) atoms. The van der Waals surface area contributed by atoms with Crippen molar-refractivity contribution >= 4 is 29.9 Å². The predicted molar refractivity (Wildman–Crippen MR) is 97.0 cm³/mol. The minimum absolute atomic E-state index is 0. The topological polar surface area (TPSA) is 49.6 Å². The van der Waals surface area contributed by atoms with Gasteiger partial charge in [0.05, 0.1) is 18.8 Å². The van der Waals surface area contributed by atoms with Gasteiger partial charge in [-0.15, -0.1) is 24.0 Å². The molecule has 0 spiro atoms. The van der Waals surface area contributed by atoms with E-state index in [1.54, 1.807) is 32.4 Å². The van der Waals surface area contributed by atoms with Crippen LogP contribution in [0.3, 0.4) is 0 Å². The zero-order valence-electron chi connectivity index (χ0n) is 12.9. The first-order valence-electron chi connectivity index (χ1n) is 6.85. The van der Waals surface area contributed by atoms with Gasteiger partial charge in [-0.2, -0.15) is 0 Å². The van der Waals surface area contributed by atoms with Crippen molar-refractivity contribution in [3.05, 3.63) is 59.3 Å². The second-order valence-electron chi connectivity index (χ2n) is 4.88. The number of furan rings is 1. The van der Waals surface area contributed by atoms with E-state index in [1.807, 2.05) is 25.1 Å². The molecule has 120 valence electrons. The molecule has 2 N–H and O–H groups in total. The van der Waals surface area contributed by atoms with Gasteiger partial charge in [0.25, 0.3) is 0 Å². The molecule has 0 bridgehead atoms. The lowest BCUT2D eigenvalue weighted by molar-refractivity contribution is 0.500. The average molecular weight is 417 g/mol. The van der Waals surface area contributed by atoms with Crippen LogP contribution in [-0.2, 0) is 6.54 Å². The van der Waals surface area contributed by atoms with Crippen LogP contribution >= 0.6 is 24.0 Å². The maximum Gasteiger partial charge on any atom is 0.191 e. The van der Waals surface area contributed by atoms with Crippen LogP contribution < -0.4 is 10.6 Å². The molecule has 1 aromatic heterocycles. The number of aryl methyl sites for hydroxylation is 1. The molecule has 0 fully saturated rings. The molecule has 1 atom stereocenters. The highest BCUT2D eigenvalue weighted by Gasteiger charge is 2.10. The largest absolute Gasteiger partial charge is 0.467 e. The molecular formula is C16H21FIN3O. The van der Waals surface area contributed by atoms with Crippen molar-refractivity contribution in [2.75, 3.05) is 7.05 Å². The van der Waals surface area contributed by atoms with Gasteiger partial charge in [-0.3, -0.25) is 4.99 Å². The molecule has 0 amide bonds. The molecule has 1 aromatic carbocycles. The van der Waals surface area contributed by atoms with Crippen LogP contribution in [0.1, 0.15) is 29.9 Å². The Bertz CT molecular complexity index is 614. The van der Waals surface area contributed by atoms with E-state index in [2.05, 4.69) is 15.6 Å². The summed E-state index contributed by atoms with van der Waals surface area (Å²) >= 11 is 0. The van der Waals surface area contributed by atoms with Gasteiger partial charge < -0.3 is 15.1 Å². The van der Waals surface area contributed by atoms with Crippen LogP contribution in [0, 0.1) is 12.7 Å². The summed E-state index contributed by atoms with van der Waals surface area (Å²) < 4.78 is 18.9. The van der Waals surface area contributed by atoms with Crippen molar-refractivity contribution in [3.8, 4) is 0 Å². The van der Waals surface area contributed by atoms with Gasteiger partial charge in [0.15, 0.2) is 5.96 Å². The van der Waals surface area contributed by atoms with Crippen LogP contribution in [0.4, 0.5) is 4.39 Å². The van der Waals surface area contributed by atoms with E-state index in [9.17, 15) is 4.39 Å². The third-order valence-corrected chi connectivity index (χ3v) is 3.28. The maximum absolute atomic E-state index is 13.6. The third-order valence-electron chi connectivity index (χ3n) is 3.28. The summed E-state index contributed by atoms with van der Waals surface area (Å²) in [6, 6.07) is 8.91. The molecule has 4 nitrogen and oxygen atoms in total. The van der Waals surface area contributed by atoms with Crippen LogP contribution in [0.5, 0.6) is 0 Å². The van der Waals surface area contributed by atoms with E-state index < -0.39 is 0 Å². The van der Waals surface area contributed by atoms with Gasteiger partial charge in [-0.25, -0.2) is 4.39 Å². The van der Waals surface area contributed by atoms with E-state index in [-0.39, 0.29) is 35.8 Å². The maximum atomic E-state index is 13.6. The molecule has 2 rings (SSSR count). The highest BCUT2D eigenvalue weighted by atomic mass is 127. The fourth-order valence-corrected chi connectivity index (χ4v) is 1.95. The quantitative estimate of drug-likeness (QED) is 0.453. The second-order valence-corrected chi connectivity index (χ2v) is 4.88. The first-order valence-corrected chi connectivity index (χ1v) is 6.85. The lowest BCUT2D eigenvalue weighted by atomic mass is 10.1. The fourth-order valence-electron chi connectivity index (χ4n) is 1.95.